The second-order valence-corrected chi connectivity index (χ2v) is 13.8. The summed E-state index contributed by atoms with van der Waals surface area (Å²) in [4.78, 5) is 14.8. The molecule has 0 aliphatic carbocycles. The number of carbonyl (C=O) groups excluding carboxylic acids is 1. The number of anilines is 3. The molecule has 0 unspecified atom stereocenters. The first-order chi connectivity index (χ1) is 20.2. The van der Waals surface area contributed by atoms with Gasteiger partial charge in [0, 0.05) is 41.8 Å². The smallest absolute Gasteiger partial charge is 0.327 e. The van der Waals surface area contributed by atoms with Crippen molar-refractivity contribution in [2.45, 2.75) is 31.3 Å². The number of nitrogens with zero attached hydrogens (tertiary/aromatic N) is 5. The van der Waals surface area contributed by atoms with Gasteiger partial charge in [0.05, 0.1) is 21.8 Å². The number of benzene rings is 2. The minimum Gasteiger partial charge on any atom is -0.459 e. The summed E-state index contributed by atoms with van der Waals surface area (Å²) in [7, 11) is 1.46. The van der Waals surface area contributed by atoms with E-state index in [0.29, 0.717) is 22.7 Å². The number of fused-ring (bicyclic) bond motifs is 1. The quantitative estimate of drug-likeness (QED) is 0.209. The van der Waals surface area contributed by atoms with Gasteiger partial charge in [0.15, 0.2) is 5.82 Å². The van der Waals surface area contributed by atoms with E-state index in [1.165, 1.54) is 18.2 Å². The van der Waals surface area contributed by atoms with E-state index in [0.717, 1.165) is 22.9 Å². The summed E-state index contributed by atoms with van der Waals surface area (Å²) < 4.78 is 36.2. The lowest BCUT2D eigenvalue weighted by Gasteiger charge is -2.26. The lowest BCUT2D eigenvalue weighted by Crippen LogP contribution is -2.39. The summed E-state index contributed by atoms with van der Waals surface area (Å²) >= 11 is 12.3. The van der Waals surface area contributed by atoms with E-state index in [2.05, 4.69) is 25.7 Å². The molecule has 0 aliphatic heterocycles. The Labute approximate surface area is 261 Å². The predicted molar refractivity (Wildman–Crippen MR) is 172 cm³/mol. The molecule has 0 fully saturated rings. The van der Waals surface area contributed by atoms with Crippen LogP contribution < -0.4 is 14.9 Å². The van der Waals surface area contributed by atoms with E-state index < -0.39 is 28.1 Å². The number of ether oxygens (including phenoxy) is 1. The van der Waals surface area contributed by atoms with Crippen LogP contribution in [0.3, 0.4) is 0 Å². The van der Waals surface area contributed by atoms with E-state index in [1.54, 1.807) is 46.0 Å². The molecule has 230 valence electrons. The lowest BCUT2D eigenvalue weighted by atomic mass is 10.2. The highest BCUT2D eigenvalue weighted by atomic mass is 35.5. The van der Waals surface area contributed by atoms with E-state index in [1.807, 2.05) is 37.0 Å². The predicted octanol–water partition coefficient (Wildman–Crippen LogP) is 5.28. The van der Waals surface area contributed by atoms with Gasteiger partial charge < -0.3 is 20.3 Å². The number of nitrogens with one attached hydrogen (secondary N) is 2. The van der Waals surface area contributed by atoms with Crippen molar-refractivity contribution < 1.29 is 17.9 Å². The molecule has 2 heterocycles. The van der Waals surface area contributed by atoms with Crippen molar-refractivity contribution in [3.05, 3.63) is 64.8 Å². The average molecular weight is 649 g/mol. The van der Waals surface area contributed by atoms with E-state index >= 15 is 0 Å². The van der Waals surface area contributed by atoms with Crippen molar-refractivity contribution >= 4 is 67.3 Å². The summed E-state index contributed by atoms with van der Waals surface area (Å²) in [5.74, 6) is 0.511. The van der Waals surface area contributed by atoms with Crippen molar-refractivity contribution in [3.8, 4) is 5.82 Å². The molecule has 0 atom stereocenters. The Kier molecular flexibility index (Phi) is 9.75. The molecule has 2 aromatic heterocycles. The molecule has 2 aromatic carbocycles. The Bertz CT molecular complexity index is 1700. The van der Waals surface area contributed by atoms with Gasteiger partial charge in [0.1, 0.15) is 18.0 Å². The minimum atomic E-state index is -4.30. The first-order valence-corrected chi connectivity index (χ1v) is 15.6. The molecule has 11 nitrogen and oxygen atoms in total. The fourth-order valence-corrected chi connectivity index (χ4v) is 6.46. The lowest BCUT2D eigenvalue weighted by molar-refractivity contribution is -0.152. The molecule has 0 saturated heterocycles. The Morgan fingerprint density at radius 1 is 1.02 bits per heavy atom. The van der Waals surface area contributed by atoms with Crippen LogP contribution in [-0.2, 0) is 19.6 Å². The van der Waals surface area contributed by atoms with Crippen molar-refractivity contribution in [2.24, 2.45) is 0 Å². The van der Waals surface area contributed by atoms with Crippen LogP contribution in [0, 0.1) is 0 Å². The largest absolute Gasteiger partial charge is 0.459 e. The van der Waals surface area contributed by atoms with Gasteiger partial charge in [-0.1, -0.05) is 23.2 Å². The number of aromatic nitrogens is 3. The van der Waals surface area contributed by atoms with Crippen molar-refractivity contribution in [1.29, 1.82) is 0 Å². The van der Waals surface area contributed by atoms with Crippen LogP contribution in [0.15, 0.2) is 59.6 Å². The van der Waals surface area contributed by atoms with Gasteiger partial charge in [-0.2, -0.15) is 0 Å². The molecule has 0 radical (unpaired) electrons. The van der Waals surface area contributed by atoms with Gasteiger partial charge in [-0.3, -0.25) is 13.7 Å². The number of rotatable bonds is 11. The second kappa shape index (κ2) is 13.0. The first kappa shape index (κ1) is 32.3. The Balaban J connectivity index is 1.76. The average Bonchev–Trinajstić information content (AvgIpc) is 3.28. The van der Waals surface area contributed by atoms with Crippen LogP contribution in [0.4, 0.5) is 17.2 Å². The van der Waals surface area contributed by atoms with Crippen LogP contribution in [-0.4, -0.2) is 80.4 Å². The molecule has 4 rings (SSSR count). The molecule has 0 bridgehead atoms. The van der Waals surface area contributed by atoms with Gasteiger partial charge in [-0.05, 0) is 83.4 Å². The number of hydrogen-bond acceptors (Lipinski definition) is 9. The minimum absolute atomic E-state index is 0.147. The third-order valence-corrected chi connectivity index (χ3v) is 8.41. The topological polar surface area (TPSA) is 122 Å². The number of carbonyl (C=O) groups is 1. The molecule has 43 heavy (non-hydrogen) atoms. The van der Waals surface area contributed by atoms with Gasteiger partial charge in [-0.25, -0.2) is 8.42 Å². The maximum atomic E-state index is 14.0. The number of hydrogen-bond donors (Lipinski definition) is 2. The van der Waals surface area contributed by atoms with E-state index in [4.69, 9.17) is 27.9 Å². The van der Waals surface area contributed by atoms with Crippen LogP contribution in [0.1, 0.15) is 20.8 Å². The van der Waals surface area contributed by atoms with Crippen LogP contribution in [0.2, 0.25) is 10.0 Å². The van der Waals surface area contributed by atoms with Crippen LogP contribution in [0.25, 0.3) is 16.7 Å². The zero-order valence-corrected chi connectivity index (χ0v) is 27.2. The molecule has 0 saturated carbocycles. The molecule has 0 aliphatic rings. The number of esters is 1. The highest BCUT2D eigenvalue weighted by molar-refractivity contribution is 7.92. The van der Waals surface area contributed by atoms with Gasteiger partial charge >= 0.3 is 5.97 Å². The van der Waals surface area contributed by atoms with Crippen LogP contribution in [0.5, 0.6) is 0 Å². The summed E-state index contributed by atoms with van der Waals surface area (Å²) in [6, 6.07) is 12.8. The zero-order valence-electron chi connectivity index (χ0n) is 24.9. The molecule has 14 heteroatoms. The summed E-state index contributed by atoms with van der Waals surface area (Å²) in [6.45, 7) is 6.14. The van der Waals surface area contributed by atoms with E-state index in [-0.39, 0.29) is 20.6 Å². The molecule has 4 aromatic rings. The monoisotopic (exact) mass is 647 g/mol. The zero-order chi connectivity index (χ0) is 31.5. The maximum Gasteiger partial charge on any atom is 0.327 e. The summed E-state index contributed by atoms with van der Waals surface area (Å²) in [5, 5.41) is 16.1. The molecular formula is C29H35Cl2N7O4S. The normalized spacial score (nSPS) is 12.0. The second-order valence-electron chi connectivity index (χ2n) is 11.1. The fraction of sp³-hybridized carbons (Fsp3) is 0.345. The van der Waals surface area contributed by atoms with Crippen LogP contribution >= 0.6 is 23.2 Å². The van der Waals surface area contributed by atoms with Gasteiger partial charge in [0.2, 0.25) is 0 Å². The summed E-state index contributed by atoms with van der Waals surface area (Å²) in [6.07, 6.45) is 1.85. The Hall–Kier alpha value is -3.58. The SMILES string of the molecule is CNc1cn(-c2ccc(NCCN(C)C)nn2)c2ccc(N(CC(=O)OC(C)(C)C)S(=O)(=O)c3cc(Cl)cc(Cl)c3)cc12. The third kappa shape index (κ3) is 7.88. The van der Waals surface area contributed by atoms with E-state index in [9.17, 15) is 13.2 Å². The highest BCUT2D eigenvalue weighted by Crippen LogP contribution is 2.34. The van der Waals surface area contributed by atoms with Crippen molar-refractivity contribution in [3.63, 3.8) is 0 Å². The highest BCUT2D eigenvalue weighted by Gasteiger charge is 2.30. The summed E-state index contributed by atoms with van der Waals surface area (Å²) in [5.41, 5.74) is 0.892. The standard InChI is InChI=1S/C29H35Cl2N7O4S/c1-29(2,3)42-28(39)18-38(43(40,41)22-14-19(30)13-20(31)15-22)21-7-8-25-23(16-21)24(32-4)17-37(25)27-10-9-26(34-35-27)33-11-12-36(5)6/h7-10,13-17,32H,11-12,18H2,1-6H3,(H,33,34). The number of likely N-dealkylation sites (N-methyl/N-ethyl adjacent to an activating group) is 1. The third-order valence-electron chi connectivity index (χ3n) is 6.22. The molecule has 2 N–H and O–H groups in total. The van der Waals surface area contributed by atoms with Crippen molar-refractivity contribution in [2.75, 3.05) is 55.7 Å². The first-order valence-electron chi connectivity index (χ1n) is 13.4. The molecular weight excluding hydrogens is 613 g/mol. The Morgan fingerprint density at radius 3 is 2.30 bits per heavy atom. The Morgan fingerprint density at radius 2 is 1.72 bits per heavy atom. The number of halogens is 2. The fourth-order valence-electron chi connectivity index (χ4n) is 4.33. The maximum absolute atomic E-state index is 14.0. The van der Waals surface area contributed by atoms with Gasteiger partial charge in [0.25, 0.3) is 10.0 Å². The molecule has 0 spiro atoms. The number of sulfonamides is 1. The van der Waals surface area contributed by atoms with Crippen molar-refractivity contribution in [1.82, 2.24) is 19.7 Å². The molecule has 0 amide bonds. The van der Waals surface area contributed by atoms with Gasteiger partial charge in [-0.15, -0.1) is 10.2 Å².